The van der Waals surface area contributed by atoms with Gasteiger partial charge in [0.1, 0.15) is 12.2 Å². The molecule has 0 bridgehead atoms. The molecule has 0 aromatic carbocycles. The molecule has 0 unspecified atom stereocenters. The summed E-state index contributed by atoms with van der Waals surface area (Å²) in [6.45, 7) is 7.41. The molecule has 2 N–H and O–H groups in total. The number of esters is 3. The summed E-state index contributed by atoms with van der Waals surface area (Å²) in [6.07, 6.45) is -5.81. The zero-order valence-corrected chi connectivity index (χ0v) is 16.4. The summed E-state index contributed by atoms with van der Waals surface area (Å²) in [7, 11) is 0. The molecule has 2 aliphatic carbocycles. The molecule has 9 nitrogen and oxygen atoms in total. The predicted molar refractivity (Wildman–Crippen MR) is 90.6 cm³/mol. The van der Waals surface area contributed by atoms with Gasteiger partial charge in [-0.2, -0.15) is 0 Å². The molecule has 2 saturated carbocycles. The van der Waals surface area contributed by atoms with Crippen LogP contribution in [0.2, 0.25) is 0 Å². The highest BCUT2D eigenvalue weighted by Gasteiger charge is 2.99. The Labute approximate surface area is 165 Å². The maximum atomic E-state index is 13.3. The third kappa shape index (κ3) is 1.36. The van der Waals surface area contributed by atoms with E-state index in [-0.39, 0.29) is 17.1 Å². The number of hydrogen-bond acceptors (Lipinski definition) is 9. The van der Waals surface area contributed by atoms with Crippen molar-refractivity contribution >= 4 is 17.9 Å². The van der Waals surface area contributed by atoms with E-state index in [2.05, 4.69) is 0 Å². The van der Waals surface area contributed by atoms with Crippen LogP contribution in [0.1, 0.15) is 34.1 Å². The number of ether oxygens (including phenoxy) is 4. The Hall–Kier alpha value is -1.97. The van der Waals surface area contributed by atoms with Crippen LogP contribution < -0.4 is 0 Å². The fourth-order valence-corrected chi connectivity index (χ4v) is 7.64. The van der Waals surface area contributed by atoms with Gasteiger partial charge in [-0.25, -0.2) is 14.4 Å². The van der Waals surface area contributed by atoms with Crippen molar-refractivity contribution in [2.45, 2.75) is 70.4 Å². The van der Waals surface area contributed by atoms with E-state index in [9.17, 15) is 24.6 Å². The second-order valence-corrected chi connectivity index (χ2v) is 10.1. The molecule has 4 aliphatic heterocycles. The standard InChI is InChI=1S/C20H22O9/c1-6-9-10(27-13(6)23)11(21)19-8-5-7(17(2,3)4)18(19)12(22)14(24)28-16(18)29-20(9,19)15(25)26-8/h7-8,10-12,16,21-22H,5H2,1-4H3/t7-,8+,10+,11-,12-,16-,18-,19+,20+/m0/s1. The normalized spacial score (nSPS) is 54.2. The fraction of sp³-hybridized carbons (Fsp3) is 0.750. The Morgan fingerprint density at radius 2 is 1.76 bits per heavy atom. The van der Waals surface area contributed by atoms with Crippen molar-refractivity contribution < 1.29 is 43.5 Å². The smallest absolute Gasteiger partial charge is 0.344 e. The van der Waals surface area contributed by atoms with Crippen molar-refractivity contribution in [1.82, 2.24) is 0 Å². The summed E-state index contributed by atoms with van der Waals surface area (Å²) in [5, 5.41) is 22.8. The van der Waals surface area contributed by atoms with E-state index in [0.717, 1.165) is 0 Å². The minimum absolute atomic E-state index is 0.179. The third-order valence-corrected chi connectivity index (χ3v) is 8.35. The van der Waals surface area contributed by atoms with Gasteiger partial charge in [0.2, 0.25) is 11.9 Å². The Kier molecular flexibility index (Phi) is 2.79. The van der Waals surface area contributed by atoms with Crippen molar-refractivity contribution in [2.24, 2.45) is 22.2 Å². The van der Waals surface area contributed by atoms with Crippen LogP contribution in [0.25, 0.3) is 0 Å². The Morgan fingerprint density at radius 3 is 2.41 bits per heavy atom. The van der Waals surface area contributed by atoms with Gasteiger partial charge in [0.25, 0.3) is 0 Å². The summed E-state index contributed by atoms with van der Waals surface area (Å²) >= 11 is 0. The highest BCUT2D eigenvalue weighted by Crippen LogP contribution is 2.83. The number of hydrogen-bond donors (Lipinski definition) is 2. The van der Waals surface area contributed by atoms with Crippen molar-refractivity contribution in [1.29, 1.82) is 0 Å². The zero-order valence-electron chi connectivity index (χ0n) is 16.4. The van der Waals surface area contributed by atoms with Gasteiger partial charge in [-0.1, -0.05) is 20.8 Å². The van der Waals surface area contributed by atoms with Crippen LogP contribution in [0.4, 0.5) is 0 Å². The first-order chi connectivity index (χ1) is 13.5. The first-order valence-electron chi connectivity index (χ1n) is 9.85. The van der Waals surface area contributed by atoms with Crippen LogP contribution in [-0.4, -0.2) is 64.4 Å². The second kappa shape index (κ2) is 4.53. The Bertz CT molecular complexity index is 946. The van der Waals surface area contributed by atoms with Crippen molar-refractivity contribution in [2.75, 3.05) is 0 Å². The van der Waals surface area contributed by atoms with Gasteiger partial charge >= 0.3 is 17.9 Å². The van der Waals surface area contributed by atoms with Gasteiger partial charge in [0.15, 0.2) is 12.2 Å². The molecule has 9 heteroatoms. The molecule has 9 atom stereocenters. The van der Waals surface area contributed by atoms with Gasteiger partial charge < -0.3 is 29.2 Å². The van der Waals surface area contributed by atoms with E-state index in [1.54, 1.807) is 0 Å². The lowest BCUT2D eigenvalue weighted by Crippen LogP contribution is -2.62. The van der Waals surface area contributed by atoms with E-state index in [4.69, 9.17) is 18.9 Å². The fourth-order valence-electron chi connectivity index (χ4n) is 7.64. The molecule has 29 heavy (non-hydrogen) atoms. The van der Waals surface area contributed by atoms with Crippen LogP contribution in [-0.2, 0) is 33.3 Å². The van der Waals surface area contributed by atoms with Crippen molar-refractivity contribution in [3.05, 3.63) is 11.1 Å². The summed E-state index contributed by atoms with van der Waals surface area (Å²) in [4.78, 5) is 38.0. The lowest BCUT2D eigenvalue weighted by Gasteiger charge is -2.47. The van der Waals surface area contributed by atoms with E-state index in [1.807, 2.05) is 20.8 Å². The topological polar surface area (TPSA) is 129 Å². The first-order valence-corrected chi connectivity index (χ1v) is 9.85. The molecular weight excluding hydrogens is 384 g/mol. The average molecular weight is 406 g/mol. The number of fused-ring (bicyclic) bond motifs is 1. The van der Waals surface area contributed by atoms with Gasteiger partial charge in [0, 0.05) is 11.1 Å². The Morgan fingerprint density at radius 1 is 1.07 bits per heavy atom. The number of carbonyl (C=O) groups excluding carboxylic acids is 3. The van der Waals surface area contributed by atoms with Crippen LogP contribution in [0, 0.1) is 22.2 Å². The summed E-state index contributed by atoms with van der Waals surface area (Å²) in [6, 6.07) is 0. The number of rotatable bonds is 0. The Balaban J connectivity index is 1.73. The molecule has 156 valence electrons. The van der Waals surface area contributed by atoms with Gasteiger partial charge in [0.05, 0.1) is 10.8 Å². The average Bonchev–Trinajstić information content (AvgIpc) is 3.34. The molecule has 0 amide bonds. The van der Waals surface area contributed by atoms with Gasteiger partial charge in [-0.15, -0.1) is 0 Å². The van der Waals surface area contributed by atoms with Crippen molar-refractivity contribution in [3.8, 4) is 0 Å². The van der Waals surface area contributed by atoms with E-state index < -0.39 is 70.5 Å². The number of carbonyl (C=O) groups is 3. The maximum Gasteiger partial charge on any atom is 0.344 e. The first kappa shape index (κ1) is 17.9. The molecule has 0 aromatic rings. The largest absolute Gasteiger partial charge is 0.459 e. The SMILES string of the molecule is CC1=C2[C@@H](OC1=O)[C@H](O)[C@]13[C@H]4C[C@@H](C(C)(C)C)[C@]15[C@@H](OC(=O)[C@@H]5O)O[C@@]23C(=O)O4. The summed E-state index contributed by atoms with van der Waals surface area (Å²) in [5.74, 6) is -2.59. The minimum atomic E-state index is -1.83. The molecule has 0 radical (unpaired) electrons. The molecule has 6 rings (SSSR count). The van der Waals surface area contributed by atoms with Crippen LogP contribution >= 0.6 is 0 Å². The molecule has 6 aliphatic rings. The summed E-state index contributed by atoms with van der Waals surface area (Å²) in [5.41, 5.74) is -4.76. The summed E-state index contributed by atoms with van der Waals surface area (Å²) < 4.78 is 22.8. The maximum absolute atomic E-state index is 13.3. The van der Waals surface area contributed by atoms with Crippen LogP contribution in [0.3, 0.4) is 0 Å². The number of aliphatic hydroxyl groups excluding tert-OH is 2. The van der Waals surface area contributed by atoms with E-state index in [1.165, 1.54) is 6.92 Å². The second-order valence-electron chi connectivity index (χ2n) is 10.1. The quantitative estimate of drug-likeness (QED) is 0.407. The number of aliphatic hydroxyl groups is 2. The minimum Gasteiger partial charge on any atom is -0.459 e. The van der Waals surface area contributed by atoms with E-state index in [0.29, 0.717) is 6.42 Å². The van der Waals surface area contributed by atoms with E-state index >= 15 is 0 Å². The molecule has 4 heterocycles. The predicted octanol–water partition coefficient (Wildman–Crippen LogP) is -0.420. The third-order valence-electron chi connectivity index (χ3n) is 8.35. The lowest BCUT2D eigenvalue weighted by molar-refractivity contribution is -0.193. The highest BCUT2D eigenvalue weighted by atomic mass is 16.7. The van der Waals surface area contributed by atoms with Gasteiger partial charge in [-0.05, 0) is 24.7 Å². The lowest BCUT2D eigenvalue weighted by atomic mass is 9.51. The zero-order chi connectivity index (χ0) is 20.9. The molecule has 2 spiro atoms. The molecule has 3 saturated heterocycles. The molecule has 0 aromatic heterocycles. The molecule has 5 fully saturated rings. The molecular formula is C20H22O9. The monoisotopic (exact) mass is 406 g/mol. The van der Waals surface area contributed by atoms with Gasteiger partial charge in [-0.3, -0.25) is 0 Å². The highest BCUT2D eigenvalue weighted by molar-refractivity contribution is 6.00. The van der Waals surface area contributed by atoms with Crippen LogP contribution in [0.15, 0.2) is 11.1 Å². The van der Waals surface area contributed by atoms with Crippen LogP contribution in [0.5, 0.6) is 0 Å². The van der Waals surface area contributed by atoms with Crippen molar-refractivity contribution in [3.63, 3.8) is 0 Å².